The van der Waals surface area contributed by atoms with Gasteiger partial charge >= 0.3 is 0 Å². The first-order valence-corrected chi connectivity index (χ1v) is 10.5. The van der Waals surface area contributed by atoms with Crippen LogP contribution in [0.4, 0.5) is 5.69 Å². The van der Waals surface area contributed by atoms with E-state index in [4.69, 9.17) is 4.42 Å². The summed E-state index contributed by atoms with van der Waals surface area (Å²) in [6.07, 6.45) is 3.24. The van der Waals surface area contributed by atoms with Gasteiger partial charge in [0.25, 0.3) is 0 Å². The number of aryl methyl sites for hydroxylation is 1. The average Bonchev–Trinajstić information content (AvgIpc) is 3.44. The summed E-state index contributed by atoms with van der Waals surface area (Å²) >= 11 is 0. The SMILES string of the molecule is CN=C(NCc1ccc(N2CCCC2=O)cc1)NCc1coc(-c2ccc(C)cc2)n1.I. The van der Waals surface area contributed by atoms with Gasteiger partial charge in [-0.1, -0.05) is 29.8 Å². The largest absolute Gasteiger partial charge is 0.444 e. The van der Waals surface area contributed by atoms with Gasteiger partial charge in [0.2, 0.25) is 11.8 Å². The molecule has 0 radical (unpaired) electrons. The number of carbonyl (C=O) groups excluding carboxylic acids is 1. The topological polar surface area (TPSA) is 82.8 Å². The van der Waals surface area contributed by atoms with Gasteiger partial charge in [0, 0.05) is 37.8 Å². The highest BCUT2D eigenvalue weighted by molar-refractivity contribution is 14.0. The average molecular weight is 545 g/mol. The minimum atomic E-state index is 0. The van der Waals surface area contributed by atoms with Gasteiger partial charge in [-0.05, 0) is 43.2 Å². The summed E-state index contributed by atoms with van der Waals surface area (Å²) in [5.41, 5.74) is 5.04. The van der Waals surface area contributed by atoms with Gasteiger partial charge in [-0.3, -0.25) is 9.79 Å². The zero-order valence-corrected chi connectivity index (χ0v) is 20.6. The molecule has 0 aliphatic carbocycles. The first-order chi connectivity index (χ1) is 15.1. The number of rotatable bonds is 6. The lowest BCUT2D eigenvalue weighted by atomic mass is 10.1. The fourth-order valence-electron chi connectivity index (χ4n) is 3.51. The molecule has 2 heterocycles. The normalized spacial score (nSPS) is 13.8. The molecule has 2 N–H and O–H groups in total. The van der Waals surface area contributed by atoms with E-state index in [1.54, 1.807) is 13.3 Å². The van der Waals surface area contributed by atoms with E-state index in [-0.39, 0.29) is 29.9 Å². The summed E-state index contributed by atoms with van der Waals surface area (Å²) in [5.74, 6) is 1.49. The Balaban J connectivity index is 0.00000289. The minimum Gasteiger partial charge on any atom is -0.444 e. The number of hydrogen-bond acceptors (Lipinski definition) is 4. The van der Waals surface area contributed by atoms with Crippen molar-refractivity contribution in [2.45, 2.75) is 32.9 Å². The predicted octanol–water partition coefficient (Wildman–Crippen LogP) is 4.26. The van der Waals surface area contributed by atoms with E-state index in [1.165, 1.54) is 5.56 Å². The molecule has 1 aliphatic rings. The number of benzene rings is 2. The Bertz CT molecular complexity index is 1060. The second kappa shape index (κ2) is 11.1. The van der Waals surface area contributed by atoms with Crippen molar-refractivity contribution >= 4 is 41.5 Å². The molecular formula is C24H28IN5O2. The van der Waals surface area contributed by atoms with E-state index < -0.39 is 0 Å². The van der Waals surface area contributed by atoms with Crippen LogP contribution in [0.2, 0.25) is 0 Å². The van der Waals surface area contributed by atoms with Crippen LogP contribution in [0, 0.1) is 6.92 Å². The van der Waals surface area contributed by atoms with E-state index in [2.05, 4.69) is 27.5 Å². The lowest BCUT2D eigenvalue weighted by Gasteiger charge is -2.16. The van der Waals surface area contributed by atoms with Crippen molar-refractivity contribution in [2.75, 3.05) is 18.5 Å². The molecule has 3 aromatic rings. The first kappa shape index (κ1) is 23.8. The third-order valence-electron chi connectivity index (χ3n) is 5.29. The van der Waals surface area contributed by atoms with Crippen molar-refractivity contribution in [3.05, 3.63) is 71.6 Å². The molecule has 0 saturated carbocycles. The Kier molecular flexibility index (Phi) is 8.26. The van der Waals surface area contributed by atoms with Crippen molar-refractivity contribution < 1.29 is 9.21 Å². The fraction of sp³-hybridized carbons (Fsp3) is 0.292. The number of amides is 1. The first-order valence-electron chi connectivity index (χ1n) is 10.5. The second-order valence-electron chi connectivity index (χ2n) is 7.60. The zero-order valence-electron chi connectivity index (χ0n) is 18.3. The molecule has 1 fully saturated rings. The summed E-state index contributed by atoms with van der Waals surface area (Å²) in [7, 11) is 1.73. The van der Waals surface area contributed by atoms with E-state index in [0.717, 1.165) is 35.5 Å². The van der Waals surface area contributed by atoms with Crippen LogP contribution >= 0.6 is 24.0 Å². The molecule has 0 bridgehead atoms. The Hall–Kier alpha value is -2.88. The molecule has 1 aliphatic heterocycles. The molecule has 7 nitrogen and oxygen atoms in total. The van der Waals surface area contributed by atoms with Crippen LogP contribution in [0.1, 0.15) is 29.7 Å². The van der Waals surface area contributed by atoms with Crippen LogP contribution in [-0.4, -0.2) is 30.4 Å². The van der Waals surface area contributed by atoms with Crippen molar-refractivity contribution in [1.82, 2.24) is 15.6 Å². The molecule has 1 amide bonds. The Morgan fingerprint density at radius 2 is 1.81 bits per heavy atom. The molecule has 0 unspecified atom stereocenters. The fourth-order valence-corrected chi connectivity index (χ4v) is 3.51. The Morgan fingerprint density at radius 3 is 2.47 bits per heavy atom. The molecule has 2 aromatic carbocycles. The third-order valence-corrected chi connectivity index (χ3v) is 5.29. The molecular weight excluding hydrogens is 517 g/mol. The van der Waals surface area contributed by atoms with Crippen molar-refractivity contribution in [2.24, 2.45) is 4.99 Å². The Morgan fingerprint density at radius 1 is 1.09 bits per heavy atom. The maximum atomic E-state index is 11.9. The van der Waals surface area contributed by atoms with E-state index in [9.17, 15) is 4.79 Å². The smallest absolute Gasteiger partial charge is 0.227 e. The molecule has 0 spiro atoms. The number of oxazole rings is 1. The van der Waals surface area contributed by atoms with Gasteiger partial charge < -0.3 is 20.0 Å². The number of carbonyl (C=O) groups is 1. The molecule has 4 rings (SSSR count). The van der Waals surface area contributed by atoms with Crippen LogP contribution in [-0.2, 0) is 17.9 Å². The van der Waals surface area contributed by atoms with E-state index in [0.29, 0.717) is 31.4 Å². The van der Waals surface area contributed by atoms with Crippen molar-refractivity contribution in [1.29, 1.82) is 0 Å². The number of anilines is 1. The third kappa shape index (κ3) is 5.87. The maximum Gasteiger partial charge on any atom is 0.227 e. The van der Waals surface area contributed by atoms with Crippen LogP contribution in [0.25, 0.3) is 11.5 Å². The number of nitrogens with zero attached hydrogens (tertiary/aromatic N) is 3. The number of aliphatic imine (C=N–C) groups is 1. The highest BCUT2D eigenvalue weighted by Gasteiger charge is 2.21. The number of aromatic nitrogens is 1. The van der Waals surface area contributed by atoms with Crippen LogP contribution in [0.15, 0.2) is 64.2 Å². The lowest BCUT2D eigenvalue weighted by Crippen LogP contribution is -2.36. The van der Waals surface area contributed by atoms with E-state index in [1.807, 2.05) is 53.4 Å². The van der Waals surface area contributed by atoms with Crippen LogP contribution in [0.5, 0.6) is 0 Å². The molecule has 1 saturated heterocycles. The highest BCUT2D eigenvalue weighted by atomic mass is 127. The maximum absolute atomic E-state index is 11.9. The quantitative estimate of drug-likeness (QED) is 0.275. The second-order valence-corrected chi connectivity index (χ2v) is 7.60. The number of guanidine groups is 1. The minimum absolute atomic E-state index is 0. The number of nitrogens with one attached hydrogen (secondary N) is 2. The van der Waals surface area contributed by atoms with Crippen LogP contribution in [0.3, 0.4) is 0 Å². The van der Waals surface area contributed by atoms with E-state index >= 15 is 0 Å². The monoisotopic (exact) mass is 545 g/mol. The van der Waals surface area contributed by atoms with Gasteiger partial charge in [0.15, 0.2) is 5.96 Å². The summed E-state index contributed by atoms with van der Waals surface area (Å²) in [4.78, 5) is 22.5. The molecule has 1 aromatic heterocycles. The van der Waals surface area contributed by atoms with Gasteiger partial charge in [-0.25, -0.2) is 4.98 Å². The van der Waals surface area contributed by atoms with Crippen LogP contribution < -0.4 is 15.5 Å². The van der Waals surface area contributed by atoms with Gasteiger partial charge in [0.05, 0.1) is 12.2 Å². The molecule has 8 heteroatoms. The predicted molar refractivity (Wildman–Crippen MR) is 137 cm³/mol. The summed E-state index contributed by atoms with van der Waals surface area (Å²) in [6, 6.07) is 16.2. The standard InChI is InChI=1S/C24H27N5O2.HI/c1-17-5-9-19(10-6-17)23-28-20(16-31-23)15-27-24(25-2)26-14-18-7-11-21(12-8-18)29-13-3-4-22(29)30;/h5-12,16H,3-4,13-15H2,1-2H3,(H2,25,26,27);1H. The van der Waals surface area contributed by atoms with Crippen molar-refractivity contribution in [3.63, 3.8) is 0 Å². The summed E-state index contributed by atoms with van der Waals surface area (Å²) in [5, 5.41) is 6.55. The molecule has 168 valence electrons. The van der Waals surface area contributed by atoms with Crippen molar-refractivity contribution in [3.8, 4) is 11.5 Å². The number of hydrogen-bond donors (Lipinski definition) is 2. The lowest BCUT2D eigenvalue weighted by molar-refractivity contribution is -0.117. The highest BCUT2D eigenvalue weighted by Crippen LogP contribution is 2.21. The van der Waals surface area contributed by atoms with Gasteiger partial charge in [-0.2, -0.15) is 0 Å². The van der Waals surface area contributed by atoms with Gasteiger partial charge in [-0.15, -0.1) is 24.0 Å². The molecule has 32 heavy (non-hydrogen) atoms. The summed E-state index contributed by atoms with van der Waals surface area (Å²) in [6.45, 7) is 3.99. The zero-order chi connectivity index (χ0) is 21.6. The Labute approximate surface area is 205 Å². The summed E-state index contributed by atoms with van der Waals surface area (Å²) < 4.78 is 5.61. The van der Waals surface area contributed by atoms with Gasteiger partial charge in [0.1, 0.15) is 6.26 Å². The molecule has 0 atom stereocenters. The number of halogens is 1.